The fourth-order valence-corrected chi connectivity index (χ4v) is 4.74. The molecule has 0 amide bonds. The average molecular weight is 381 g/mol. The summed E-state index contributed by atoms with van der Waals surface area (Å²) in [5, 5.41) is 10.6. The maximum absolute atomic E-state index is 10.6. The smallest absolute Gasteiger partial charge is 0.231 e. The molecule has 0 aliphatic carbocycles. The van der Waals surface area contributed by atoms with Crippen LogP contribution >= 0.6 is 0 Å². The van der Waals surface area contributed by atoms with Crippen molar-refractivity contribution >= 4 is 5.69 Å². The predicted octanol–water partition coefficient (Wildman–Crippen LogP) is 2.31. The van der Waals surface area contributed by atoms with Crippen molar-refractivity contribution in [3.05, 3.63) is 48.3 Å². The first-order chi connectivity index (χ1) is 13.8. The van der Waals surface area contributed by atoms with E-state index in [0.29, 0.717) is 12.8 Å². The Morgan fingerprint density at radius 1 is 1.04 bits per heavy atom. The number of hydrogen-bond acceptors (Lipinski definition) is 6. The van der Waals surface area contributed by atoms with Gasteiger partial charge in [-0.3, -0.25) is 9.88 Å². The summed E-state index contributed by atoms with van der Waals surface area (Å²) in [6, 6.07) is 12.8. The molecule has 6 nitrogen and oxygen atoms in total. The van der Waals surface area contributed by atoms with Crippen molar-refractivity contribution < 1.29 is 14.6 Å². The minimum Gasteiger partial charge on any atom is -0.454 e. The van der Waals surface area contributed by atoms with Crippen LogP contribution in [-0.4, -0.2) is 60.1 Å². The molecule has 0 spiro atoms. The van der Waals surface area contributed by atoms with E-state index in [0.717, 1.165) is 62.6 Å². The summed E-state index contributed by atoms with van der Waals surface area (Å²) in [5.41, 5.74) is 2.28. The molecule has 2 fully saturated rings. The van der Waals surface area contributed by atoms with Gasteiger partial charge in [-0.25, -0.2) is 0 Å². The maximum Gasteiger partial charge on any atom is 0.231 e. The third-order valence-corrected chi connectivity index (χ3v) is 6.33. The Bertz CT molecular complexity index is 808. The van der Waals surface area contributed by atoms with Gasteiger partial charge in [-0.15, -0.1) is 0 Å². The molecule has 0 unspecified atom stereocenters. The summed E-state index contributed by atoms with van der Waals surface area (Å²) in [6.45, 7) is 4.13. The molecule has 0 saturated carbocycles. The molecule has 1 N–H and O–H groups in total. The lowest BCUT2D eigenvalue weighted by molar-refractivity contribution is 0.131. The van der Waals surface area contributed by atoms with E-state index in [1.165, 1.54) is 5.69 Å². The highest BCUT2D eigenvalue weighted by molar-refractivity contribution is 5.57. The minimum absolute atomic E-state index is 0.256. The van der Waals surface area contributed by atoms with Crippen molar-refractivity contribution in [1.82, 2.24) is 9.88 Å². The number of rotatable bonds is 4. The molecule has 0 bridgehead atoms. The number of aromatic nitrogens is 1. The SMILES string of the molecule is O[C@@H]1CN(C2CCN(c3ccc4c(c3)OCO4)CC2)C[C@H]1Cc1ccccn1. The highest BCUT2D eigenvalue weighted by atomic mass is 16.7. The molecule has 28 heavy (non-hydrogen) atoms. The molecule has 1 aromatic heterocycles. The molecule has 1 aromatic carbocycles. The number of piperidine rings is 1. The number of benzene rings is 1. The fourth-order valence-electron chi connectivity index (χ4n) is 4.74. The van der Waals surface area contributed by atoms with Gasteiger partial charge in [-0.2, -0.15) is 0 Å². The van der Waals surface area contributed by atoms with Crippen LogP contribution in [0, 0.1) is 5.92 Å². The first-order valence-electron chi connectivity index (χ1n) is 10.2. The second kappa shape index (κ2) is 7.60. The van der Waals surface area contributed by atoms with Gasteiger partial charge in [0.15, 0.2) is 11.5 Å². The van der Waals surface area contributed by atoms with Crippen LogP contribution in [0.15, 0.2) is 42.6 Å². The van der Waals surface area contributed by atoms with E-state index >= 15 is 0 Å². The van der Waals surface area contributed by atoms with Gasteiger partial charge in [0.05, 0.1) is 6.10 Å². The summed E-state index contributed by atoms with van der Waals surface area (Å²) in [5.74, 6) is 1.96. The lowest BCUT2D eigenvalue weighted by atomic mass is 9.99. The minimum atomic E-state index is -0.256. The van der Waals surface area contributed by atoms with Crippen LogP contribution in [0.1, 0.15) is 18.5 Å². The van der Waals surface area contributed by atoms with Gasteiger partial charge in [0.25, 0.3) is 0 Å². The number of pyridine rings is 1. The number of hydrogen-bond donors (Lipinski definition) is 1. The van der Waals surface area contributed by atoms with E-state index in [9.17, 15) is 5.11 Å². The Balaban J connectivity index is 1.17. The predicted molar refractivity (Wildman–Crippen MR) is 107 cm³/mol. The number of likely N-dealkylation sites (tertiary alicyclic amines) is 1. The number of anilines is 1. The van der Waals surface area contributed by atoms with Crippen LogP contribution in [0.25, 0.3) is 0 Å². The molecule has 2 saturated heterocycles. The monoisotopic (exact) mass is 381 g/mol. The van der Waals surface area contributed by atoms with E-state index in [1.54, 1.807) is 0 Å². The molecule has 6 heteroatoms. The molecule has 4 heterocycles. The molecule has 5 rings (SSSR count). The maximum atomic E-state index is 10.6. The van der Waals surface area contributed by atoms with E-state index in [1.807, 2.05) is 24.4 Å². The van der Waals surface area contributed by atoms with E-state index in [4.69, 9.17) is 9.47 Å². The van der Waals surface area contributed by atoms with E-state index < -0.39 is 0 Å². The van der Waals surface area contributed by atoms with Gasteiger partial charge in [-0.05, 0) is 43.5 Å². The average Bonchev–Trinajstić information content (AvgIpc) is 3.35. The van der Waals surface area contributed by atoms with Crippen LogP contribution in [0.5, 0.6) is 11.5 Å². The zero-order valence-corrected chi connectivity index (χ0v) is 16.0. The standard InChI is InChI=1S/C22H27N3O3/c26-20-14-25(13-16(20)11-17-3-1-2-8-23-17)18-6-9-24(10-7-18)19-4-5-21-22(12-19)28-15-27-21/h1-5,8,12,16,18,20,26H,6-7,9-11,13-15H2/t16-,20-/m1/s1. The first kappa shape index (κ1) is 17.8. The van der Waals surface area contributed by atoms with Crippen LogP contribution < -0.4 is 14.4 Å². The van der Waals surface area contributed by atoms with Gasteiger partial charge < -0.3 is 19.5 Å². The van der Waals surface area contributed by atoms with Crippen LogP contribution in [0.3, 0.4) is 0 Å². The molecular weight excluding hydrogens is 354 g/mol. The van der Waals surface area contributed by atoms with Crippen LogP contribution in [0.4, 0.5) is 5.69 Å². The second-order valence-electron chi connectivity index (χ2n) is 8.06. The molecular formula is C22H27N3O3. The van der Waals surface area contributed by atoms with Crippen molar-refractivity contribution in [2.45, 2.75) is 31.4 Å². The molecule has 2 aromatic rings. The number of aliphatic hydroxyl groups is 1. The van der Waals surface area contributed by atoms with Crippen molar-refractivity contribution in [2.75, 3.05) is 37.9 Å². The normalized spacial score (nSPS) is 25.4. The fraction of sp³-hybridized carbons (Fsp3) is 0.500. The van der Waals surface area contributed by atoms with Crippen LogP contribution in [0.2, 0.25) is 0 Å². The topological polar surface area (TPSA) is 58.1 Å². The lowest BCUT2D eigenvalue weighted by Gasteiger charge is -2.38. The molecule has 0 radical (unpaired) electrons. The Morgan fingerprint density at radius 3 is 2.71 bits per heavy atom. The van der Waals surface area contributed by atoms with Gasteiger partial charge in [0.2, 0.25) is 6.79 Å². The van der Waals surface area contributed by atoms with Crippen molar-refractivity contribution in [2.24, 2.45) is 5.92 Å². The van der Waals surface area contributed by atoms with Crippen LogP contribution in [-0.2, 0) is 6.42 Å². The van der Waals surface area contributed by atoms with E-state index in [-0.39, 0.29) is 12.0 Å². The van der Waals surface area contributed by atoms with Crippen molar-refractivity contribution in [1.29, 1.82) is 0 Å². The largest absolute Gasteiger partial charge is 0.454 e. The van der Waals surface area contributed by atoms with Gasteiger partial charge in [-0.1, -0.05) is 6.07 Å². The second-order valence-corrected chi connectivity index (χ2v) is 8.06. The Morgan fingerprint density at radius 2 is 1.89 bits per heavy atom. The third kappa shape index (κ3) is 3.54. The van der Waals surface area contributed by atoms with Gasteiger partial charge in [0, 0.05) is 61.8 Å². The highest BCUT2D eigenvalue weighted by Gasteiger charge is 2.36. The molecule has 2 atom stereocenters. The summed E-state index contributed by atoms with van der Waals surface area (Å²) in [6.07, 6.45) is 4.68. The summed E-state index contributed by atoms with van der Waals surface area (Å²) in [4.78, 5) is 9.35. The van der Waals surface area contributed by atoms with Gasteiger partial charge >= 0.3 is 0 Å². The molecule has 148 valence electrons. The summed E-state index contributed by atoms with van der Waals surface area (Å²) >= 11 is 0. The van der Waals surface area contributed by atoms with Gasteiger partial charge in [0.1, 0.15) is 0 Å². The zero-order valence-electron chi connectivity index (χ0n) is 16.0. The lowest BCUT2D eigenvalue weighted by Crippen LogP contribution is -2.44. The number of fused-ring (bicyclic) bond motifs is 1. The molecule has 3 aliphatic rings. The quantitative estimate of drug-likeness (QED) is 0.877. The Hall–Kier alpha value is -2.31. The number of β-amino-alcohol motifs (C(OH)–C–C–N with tert-alkyl or cyclic N) is 1. The number of ether oxygens (including phenoxy) is 2. The Labute approximate surface area is 165 Å². The number of aliphatic hydroxyl groups excluding tert-OH is 1. The zero-order chi connectivity index (χ0) is 18.9. The van der Waals surface area contributed by atoms with Crippen molar-refractivity contribution in [3.8, 4) is 11.5 Å². The van der Waals surface area contributed by atoms with Crippen molar-refractivity contribution in [3.63, 3.8) is 0 Å². The summed E-state index contributed by atoms with van der Waals surface area (Å²) < 4.78 is 10.9. The highest BCUT2D eigenvalue weighted by Crippen LogP contribution is 2.36. The Kier molecular flexibility index (Phi) is 4.82. The third-order valence-electron chi connectivity index (χ3n) is 6.33. The van der Waals surface area contributed by atoms with E-state index in [2.05, 4.69) is 33.0 Å². The molecule has 3 aliphatic heterocycles. The number of nitrogens with zero attached hydrogens (tertiary/aromatic N) is 3. The summed E-state index contributed by atoms with van der Waals surface area (Å²) in [7, 11) is 0. The first-order valence-corrected chi connectivity index (χ1v) is 10.2.